The molecule has 2 atom stereocenters. The summed E-state index contributed by atoms with van der Waals surface area (Å²) in [6.07, 6.45) is 3.02. The first-order valence-electron chi connectivity index (χ1n) is 8.08. The minimum atomic E-state index is -3.32. The van der Waals surface area contributed by atoms with E-state index >= 15 is 0 Å². The van der Waals surface area contributed by atoms with Crippen molar-refractivity contribution < 1.29 is 13.2 Å². The molecule has 7 nitrogen and oxygen atoms in total. The SMILES string of the molecule is CC(C)C1CN(C(=O)CCn2ccccc2=O)CC1NS(C)(=O)=O. The molecule has 1 fully saturated rings. The molecular weight excluding hydrogens is 330 g/mol. The van der Waals surface area contributed by atoms with Crippen LogP contribution in [0.1, 0.15) is 20.3 Å². The minimum absolute atomic E-state index is 0.0609. The molecule has 0 saturated carbocycles. The van der Waals surface area contributed by atoms with Gasteiger partial charge in [-0.25, -0.2) is 13.1 Å². The topological polar surface area (TPSA) is 88.5 Å². The number of hydrogen-bond acceptors (Lipinski definition) is 4. The van der Waals surface area contributed by atoms with Gasteiger partial charge in [0.05, 0.1) is 6.26 Å². The van der Waals surface area contributed by atoms with Gasteiger partial charge in [-0.3, -0.25) is 9.59 Å². The van der Waals surface area contributed by atoms with Crippen LogP contribution in [0.2, 0.25) is 0 Å². The molecule has 2 heterocycles. The fourth-order valence-electron chi connectivity index (χ4n) is 3.13. The highest BCUT2D eigenvalue weighted by atomic mass is 32.2. The van der Waals surface area contributed by atoms with E-state index in [-0.39, 0.29) is 35.8 Å². The van der Waals surface area contributed by atoms with Gasteiger partial charge in [-0.05, 0) is 17.9 Å². The summed E-state index contributed by atoms with van der Waals surface area (Å²) in [4.78, 5) is 25.8. The van der Waals surface area contributed by atoms with E-state index in [2.05, 4.69) is 4.72 Å². The Morgan fingerprint density at radius 3 is 2.62 bits per heavy atom. The van der Waals surface area contributed by atoms with Gasteiger partial charge in [0.2, 0.25) is 15.9 Å². The molecule has 2 rings (SSSR count). The molecule has 1 aromatic rings. The van der Waals surface area contributed by atoms with Crippen molar-refractivity contribution in [1.82, 2.24) is 14.2 Å². The molecule has 0 radical (unpaired) electrons. The second-order valence-electron chi connectivity index (χ2n) is 6.69. The average molecular weight is 355 g/mol. The third-order valence-electron chi connectivity index (χ3n) is 4.41. The van der Waals surface area contributed by atoms with Crippen molar-refractivity contribution in [3.8, 4) is 0 Å². The molecule has 0 bridgehead atoms. The van der Waals surface area contributed by atoms with Crippen LogP contribution in [0.15, 0.2) is 29.2 Å². The number of aromatic nitrogens is 1. The lowest BCUT2D eigenvalue weighted by Crippen LogP contribution is -2.41. The number of hydrogen-bond donors (Lipinski definition) is 1. The molecule has 0 aliphatic carbocycles. The van der Waals surface area contributed by atoms with E-state index in [1.54, 1.807) is 23.2 Å². The predicted octanol–water partition coefficient (Wildman–Crippen LogP) is 0.271. The second-order valence-corrected chi connectivity index (χ2v) is 8.47. The highest BCUT2D eigenvalue weighted by molar-refractivity contribution is 7.88. The van der Waals surface area contributed by atoms with Crippen molar-refractivity contribution in [2.75, 3.05) is 19.3 Å². The Bertz CT molecular complexity index is 742. The Hall–Kier alpha value is -1.67. The average Bonchev–Trinajstić information content (AvgIpc) is 2.88. The molecule has 2 unspecified atom stereocenters. The largest absolute Gasteiger partial charge is 0.341 e. The smallest absolute Gasteiger partial charge is 0.250 e. The summed E-state index contributed by atoms with van der Waals surface area (Å²) in [6.45, 7) is 5.29. The van der Waals surface area contributed by atoms with Gasteiger partial charge in [0.15, 0.2) is 0 Å². The quantitative estimate of drug-likeness (QED) is 0.793. The number of nitrogens with zero attached hydrogens (tertiary/aromatic N) is 2. The fraction of sp³-hybridized carbons (Fsp3) is 0.625. The Balaban J connectivity index is 2.00. The van der Waals surface area contributed by atoms with E-state index in [9.17, 15) is 18.0 Å². The normalized spacial score (nSPS) is 21.4. The Morgan fingerprint density at radius 1 is 1.33 bits per heavy atom. The van der Waals surface area contributed by atoms with Gasteiger partial charge < -0.3 is 9.47 Å². The number of likely N-dealkylation sites (tertiary alicyclic amines) is 1. The Labute approximate surface area is 142 Å². The van der Waals surface area contributed by atoms with Gasteiger partial charge in [-0.2, -0.15) is 0 Å². The lowest BCUT2D eigenvalue weighted by molar-refractivity contribution is -0.130. The standard InChI is InChI=1S/C16H25N3O4S/c1-12(2)13-10-19(11-14(13)17-24(3,22)23)16(21)7-9-18-8-5-4-6-15(18)20/h4-6,8,12-14,17H,7,9-11H2,1-3H3. The molecule has 1 saturated heterocycles. The minimum Gasteiger partial charge on any atom is -0.341 e. The molecule has 24 heavy (non-hydrogen) atoms. The fourth-order valence-corrected chi connectivity index (χ4v) is 3.93. The summed E-state index contributed by atoms with van der Waals surface area (Å²) in [5, 5.41) is 0. The maximum Gasteiger partial charge on any atom is 0.250 e. The lowest BCUT2D eigenvalue weighted by atomic mass is 9.92. The number of carbonyl (C=O) groups excluding carboxylic acids is 1. The maximum atomic E-state index is 12.4. The van der Waals surface area contributed by atoms with E-state index in [4.69, 9.17) is 0 Å². The van der Waals surface area contributed by atoms with Gasteiger partial charge in [0, 0.05) is 44.4 Å². The molecule has 1 aromatic heterocycles. The van der Waals surface area contributed by atoms with Crippen molar-refractivity contribution >= 4 is 15.9 Å². The molecule has 1 N–H and O–H groups in total. The Kier molecular flexibility index (Phi) is 5.82. The first-order valence-corrected chi connectivity index (χ1v) is 9.97. The van der Waals surface area contributed by atoms with Crippen molar-refractivity contribution in [2.45, 2.75) is 32.9 Å². The summed E-state index contributed by atoms with van der Waals surface area (Å²) < 4.78 is 27.2. The van der Waals surface area contributed by atoms with E-state index in [0.29, 0.717) is 19.6 Å². The number of amides is 1. The molecule has 8 heteroatoms. The van der Waals surface area contributed by atoms with Crippen LogP contribution < -0.4 is 10.3 Å². The first kappa shape index (κ1) is 18.7. The highest BCUT2D eigenvalue weighted by Gasteiger charge is 2.37. The van der Waals surface area contributed by atoms with Gasteiger partial charge in [-0.1, -0.05) is 19.9 Å². The van der Waals surface area contributed by atoms with Crippen LogP contribution in [0.25, 0.3) is 0 Å². The van der Waals surface area contributed by atoms with Crippen LogP contribution in [0, 0.1) is 11.8 Å². The van der Waals surface area contributed by atoms with Crippen LogP contribution in [-0.4, -0.2) is 49.2 Å². The number of carbonyl (C=O) groups is 1. The van der Waals surface area contributed by atoms with Gasteiger partial charge >= 0.3 is 0 Å². The number of sulfonamides is 1. The molecule has 0 spiro atoms. The summed E-state index contributed by atoms with van der Waals surface area (Å²) >= 11 is 0. The Morgan fingerprint density at radius 2 is 2.04 bits per heavy atom. The monoisotopic (exact) mass is 355 g/mol. The first-order chi connectivity index (χ1) is 11.2. The van der Waals surface area contributed by atoms with Gasteiger partial charge in [0.1, 0.15) is 0 Å². The zero-order chi connectivity index (χ0) is 17.9. The summed E-state index contributed by atoms with van der Waals surface area (Å²) in [7, 11) is -3.32. The molecule has 1 amide bonds. The van der Waals surface area contributed by atoms with E-state index in [1.807, 2.05) is 13.8 Å². The van der Waals surface area contributed by atoms with Gasteiger partial charge in [0.25, 0.3) is 5.56 Å². The van der Waals surface area contributed by atoms with Crippen LogP contribution in [-0.2, 0) is 21.4 Å². The third-order valence-corrected chi connectivity index (χ3v) is 5.14. The van der Waals surface area contributed by atoms with E-state index in [0.717, 1.165) is 6.26 Å². The molecular formula is C16H25N3O4S. The summed E-state index contributed by atoms with van der Waals surface area (Å²) in [5.41, 5.74) is -0.136. The number of aryl methyl sites for hydroxylation is 1. The predicted molar refractivity (Wildman–Crippen MR) is 92.0 cm³/mol. The van der Waals surface area contributed by atoms with Crippen LogP contribution in [0.4, 0.5) is 0 Å². The van der Waals surface area contributed by atoms with Crippen molar-refractivity contribution in [2.24, 2.45) is 11.8 Å². The van der Waals surface area contributed by atoms with Crippen LogP contribution >= 0.6 is 0 Å². The third kappa shape index (κ3) is 4.91. The van der Waals surface area contributed by atoms with Crippen molar-refractivity contribution in [3.05, 3.63) is 34.7 Å². The van der Waals surface area contributed by atoms with Crippen LogP contribution in [0.5, 0.6) is 0 Å². The van der Waals surface area contributed by atoms with E-state index in [1.165, 1.54) is 10.6 Å². The molecule has 1 aliphatic rings. The number of pyridine rings is 1. The van der Waals surface area contributed by atoms with Crippen molar-refractivity contribution in [3.63, 3.8) is 0 Å². The zero-order valence-electron chi connectivity index (χ0n) is 14.3. The molecule has 1 aliphatic heterocycles. The molecule has 0 aromatic carbocycles. The summed E-state index contributed by atoms with van der Waals surface area (Å²) in [5.74, 6) is 0.288. The van der Waals surface area contributed by atoms with Crippen LogP contribution in [0.3, 0.4) is 0 Å². The number of rotatable bonds is 6. The number of nitrogens with one attached hydrogen (secondary N) is 1. The maximum absolute atomic E-state index is 12.4. The summed E-state index contributed by atoms with van der Waals surface area (Å²) in [6, 6.07) is 4.61. The molecule has 134 valence electrons. The highest BCUT2D eigenvalue weighted by Crippen LogP contribution is 2.25. The van der Waals surface area contributed by atoms with Gasteiger partial charge in [-0.15, -0.1) is 0 Å². The lowest BCUT2D eigenvalue weighted by Gasteiger charge is -2.21. The van der Waals surface area contributed by atoms with E-state index < -0.39 is 10.0 Å². The van der Waals surface area contributed by atoms with Crippen molar-refractivity contribution in [1.29, 1.82) is 0 Å². The second kappa shape index (κ2) is 7.48. The zero-order valence-corrected chi connectivity index (χ0v) is 15.1.